The Labute approximate surface area is 98.8 Å². The molecule has 2 rings (SSSR count). The first-order valence-electron chi connectivity index (χ1n) is 5.51. The summed E-state index contributed by atoms with van der Waals surface area (Å²) < 4.78 is 1.68. The average Bonchev–Trinajstić information content (AvgIpc) is 2.73. The number of rotatable bonds is 3. The molecule has 0 aliphatic carbocycles. The van der Waals surface area contributed by atoms with E-state index in [9.17, 15) is 9.59 Å². The maximum Gasteiger partial charge on any atom is 0.326 e. The second kappa shape index (κ2) is 4.20. The second-order valence-corrected chi connectivity index (χ2v) is 4.32. The highest BCUT2D eigenvalue weighted by atomic mass is 16.4. The van der Waals surface area contributed by atoms with Gasteiger partial charge in [-0.2, -0.15) is 5.10 Å². The molecule has 0 saturated carbocycles. The third-order valence-electron chi connectivity index (χ3n) is 3.04. The Morgan fingerprint density at radius 1 is 1.65 bits per heavy atom. The highest BCUT2D eigenvalue weighted by Gasteiger charge is 2.36. The maximum atomic E-state index is 11.6. The van der Waals surface area contributed by atoms with Crippen molar-refractivity contribution in [2.24, 2.45) is 7.05 Å². The smallest absolute Gasteiger partial charge is 0.326 e. The zero-order valence-electron chi connectivity index (χ0n) is 9.88. The van der Waals surface area contributed by atoms with Crippen molar-refractivity contribution in [1.29, 1.82) is 0 Å². The van der Waals surface area contributed by atoms with Crippen LogP contribution in [0.4, 0.5) is 0 Å². The van der Waals surface area contributed by atoms with Crippen LogP contribution in [0.2, 0.25) is 0 Å². The topological polar surface area (TPSA) is 75.4 Å². The fourth-order valence-corrected chi connectivity index (χ4v) is 2.18. The number of aromatic nitrogens is 2. The molecule has 6 nitrogen and oxygen atoms in total. The van der Waals surface area contributed by atoms with Gasteiger partial charge in [0.05, 0.1) is 17.9 Å². The molecular weight excluding hydrogens is 222 g/mol. The van der Waals surface area contributed by atoms with Crippen LogP contribution < -0.4 is 0 Å². The first kappa shape index (κ1) is 11.6. The van der Waals surface area contributed by atoms with E-state index in [4.69, 9.17) is 5.11 Å². The lowest BCUT2D eigenvalue weighted by atomic mass is 10.2. The van der Waals surface area contributed by atoms with Gasteiger partial charge in [-0.1, -0.05) is 0 Å². The van der Waals surface area contributed by atoms with Gasteiger partial charge >= 0.3 is 5.97 Å². The maximum absolute atomic E-state index is 11.6. The van der Waals surface area contributed by atoms with Crippen LogP contribution in [0.25, 0.3) is 0 Å². The van der Waals surface area contributed by atoms with E-state index in [-0.39, 0.29) is 5.91 Å². The number of carbonyl (C=O) groups is 2. The fourth-order valence-electron chi connectivity index (χ4n) is 2.18. The SMILES string of the molecule is Cc1cc(CN2C(=O)CCC2C(=O)O)n(C)n1. The molecule has 1 saturated heterocycles. The van der Waals surface area contributed by atoms with E-state index < -0.39 is 12.0 Å². The van der Waals surface area contributed by atoms with Crippen molar-refractivity contribution >= 4 is 11.9 Å². The molecule has 1 aliphatic heterocycles. The Morgan fingerprint density at radius 3 is 2.88 bits per heavy atom. The summed E-state index contributed by atoms with van der Waals surface area (Å²) in [6.07, 6.45) is 0.707. The van der Waals surface area contributed by atoms with Gasteiger partial charge in [0.2, 0.25) is 5.91 Å². The molecule has 92 valence electrons. The van der Waals surface area contributed by atoms with E-state index in [0.29, 0.717) is 19.4 Å². The van der Waals surface area contributed by atoms with Crippen molar-refractivity contribution in [1.82, 2.24) is 14.7 Å². The molecule has 0 aromatic carbocycles. The van der Waals surface area contributed by atoms with Gasteiger partial charge in [0, 0.05) is 13.5 Å². The van der Waals surface area contributed by atoms with Crippen molar-refractivity contribution in [3.8, 4) is 0 Å². The van der Waals surface area contributed by atoms with E-state index in [1.54, 1.807) is 11.7 Å². The van der Waals surface area contributed by atoms with E-state index in [2.05, 4.69) is 5.10 Å². The molecule has 2 heterocycles. The van der Waals surface area contributed by atoms with Crippen molar-refractivity contribution in [2.45, 2.75) is 32.4 Å². The first-order valence-corrected chi connectivity index (χ1v) is 5.51. The van der Waals surface area contributed by atoms with Gasteiger partial charge in [-0.25, -0.2) is 4.79 Å². The van der Waals surface area contributed by atoms with Crippen molar-refractivity contribution in [3.63, 3.8) is 0 Å². The van der Waals surface area contributed by atoms with E-state index in [1.165, 1.54) is 4.90 Å². The first-order chi connectivity index (χ1) is 7.99. The molecule has 1 aromatic rings. The largest absolute Gasteiger partial charge is 0.480 e. The molecule has 0 bridgehead atoms. The zero-order chi connectivity index (χ0) is 12.6. The summed E-state index contributed by atoms with van der Waals surface area (Å²) in [4.78, 5) is 24.1. The van der Waals surface area contributed by atoms with E-state index in [0.717, 1.165) is 11.4 Å². The predicted molar refractivity (Wildman–Crippen MR) is 59.2 cm³/mol. The molecule has 1 aliphatic rings. The number of carboxylic acid groups (broad SMARTS) is 1. The standard InChI is InChI=1S/C11H15N3O3/c1-7-5-8(13(2)12-7)6-14-9(11(16)17)3-4-10(14)15/h5,9H,3-4,6H2,1-2H3,(H,16,17). The van der Waals surface area contributed by atoms with Crippen molar-refractivity contribution < 1.29 is 14.7 Å². The van der Waals surface area contributed by atoms with Gasteiger partial charge in [0.1, 0.15) is 6.04 Å². The molecule has 1 fully saturated rings. The number of hydrogen-bond acceptors (Lipinski definition) is 3. The Balaban J connectivity index is 2.19. The Bertz CT molecular complexity index is 467. The Hall–Kier alpha value is -1.85. The lowest BCUT2D eigenvalue weighted by Gasteiger charge is -2.21. The average molecular weight is 237 g/mol. The number of carbonyl (C=O) groups excluding carboxylic acids is 1. The van der Waals surface area contributed by atoms with Crippen molar-refractivity contribution in [2.75, 3.05) is 0 Å². The normalized spacial score (nSPS) is 20.0. The number of nitrogens with zero attached hydrogens (tertiary/aromatic N) is 3. The van der Waals surface area contributed by atoms with Gasteiger partial charge in [0.15, 0.2) is 0 Å². The minimum atomic E-state index is -0.935. The van der Waals surface area contributed by atoms with E-state index in [1.807, 2.05) is 13.0 Å². The van der Waals surface area contributed by atoms with Crippen LogP contribution in [0.5, 0.6) is 0 Å². The molecule has 1 atom stereocenters. The van der Waals surface area contributed by atoms with Crippen molar-refractivity contribution in [3.05, 3.63) is 17.5 Å². The lowest BCUT2D eigenvalue weighted by Crippen LogP contribution is -2.38. The minimum Gasteiger partial charge on any atom is -0.480 e. The molecule has 1 aromatic heterocycles. The summed E-state index contributed by atoms with van der Waals surface area (Å²) in [7, 11) is 1.79. The van der Waals surface area contributed by atoms with Crippen LogP contribution >= 0.6 is 0 Å². The van der Waals surface area contributed by atoms with Gasteiger partial charge in [-0.3, -0.25) is 9.48 Å². The number of carboxylic acids is 1. The molecule has 6 heteroatoms. The van der Waals surface area contributed by atoms with Crippen LogP contribution in [0, 0.1) is 6.92 Å². The quantitative estimate of drug-likeness (QED) is 0.820. The summed E-state index contributed by atoms with van der Waals surface area (Å²) in [5.41, 5.74) is 1.71. The van der Waals surface area contributed by atoms with Gasteiger partial charge in [-0.15, -0.1) is 0 Å². The monoisotopic (exact) mass is 237 g/mol. The molecule has 17 heavy (non-hydrogen) atoms. The molecule has 0 radical (unpaired) electrons. The summed E-state index contributed by atoms with van der Waals surface area (Å²) >= 11 is 0. The van der Waals surface area contributed by atoms with Gasteiger partial charge < -0.3 is 10.0 Å². The Kier molecular flexibility index (Phi) is 2.87. The number of aryl methyl sites for hydroxylation is 2. The minimum absolute atomic E-state index is 0.101. The number of hydrogen-bond donors (Lipinski definition) is 1. The molecule has 0 spiro atoms. The zero-order valence-corrected chi connectivity index (χ0v) is 9.88. The lowest BCUT2D eigenvalue weighted by molar-refractivity contribution is -0.146. The fraction of sp³-hybridized carbons (Fsp3) is 0.545. The molecule has 1 unspecified atom stereocenters. The third kappa shape index (κ3) is 2.15. The predicted octanol–water partition coefficient (Wildman–Crippen LogP) is 0.304. The van der Waals surface area contributed by atoms with Crippen LogP contribution in [0.1, 0.15) is 24.2 Å². The summed E-state index contributed by atoms with van der Waals surface area (Å²) in [6, 6.07) is 1.17. The van der Waals surface area contributed by atoms with Crippen LogP contribution in [-0.4, -0.2) is 37.7 Å². The highest BCUT2D eigenvalue weighted by Crippen LogP contribution is 2.21. The van der Waals surface area contributed by atoms with Crippen LogP contribution in [-0.2, 0) is 23.2 Å². The Morgan fingerprint density at radius 2 is 2.35 bits per heavy atom. The molecule has 1 amide bonds. The molecular formula is C11H15N3O3. The third-order valence-corrected chi connectivity index (χ3v) is 3.04. The summed E-state index contributed by atoms with van der Waals surface area (Å²) in [5.74, 6) is -1.04. The van der Waals surface area contributed by atoms with E-state index >= 15 is 0 Å². The number of likely N-dealkylation sites (tertiary alicyclic amines) is 1. The number of aliphatic carboxylic acids is 1. The van der Waals surface area contributed by atoms with Crippen LogP contribution in [0.3, 0.4) is 0 Å². The highest BCUT2D eigenvalue weighted by molar-refractivity contribution is 5.87. The number of amides is 1. The molecule has 1 N–H and O–H groups in total. The van der Waals surface area contributed by atoms with Gasteiger partial charge in [-0.05, 0) is 19.4 Å². The second-order valence-electron chi connectivity index (χ2n) is 4.32. The summed E-state index contributed by atoms with van der Waals surface area (Å²) in [5, 5.41) is 13.2. The summed E-state index contributed by atoms with van der Waals surface area (Å²) in [6.45, 7) is 2.18. The van der Waals surface area contributed by atoms with Gasteiger partial charge in [0.25, 0.3) is 0 Å². The van der Waals surface area contributed by atoms with Crippen LogP contribution in [0.15, 0.2) is 6.07 Å².